The molecule has 1 heterocycles. The van der Waals surface area contributed by atoms with Gasteiger partial charge in [-0.15, -0.1) is 0 Å². The van der Waals surface area contributed by atoms with Gasteiger partial charge >= 0.3 is 0 Å². The normalized spacial score (nSPS) is 10.4. The Balaban J connectivity index is 1.60. The number of nitrogens with zero attached hydrogens (tertiary/aromatic N) is 1. The molecule has 2 N–H and O–H groups in total. The van der Waals surface area contributed by atoms with E-state index in [1.165, 1.54) is 30.0 Å². The second-order valence-electron chi connectivity index (χ2n) is 5.85. The van der Waals surface area contributed by atoms with Crippen LogP contribution in [0.2, 0.25) is 5.02 Å². The molecule has 2 aromatic carbocycles. The van der Waals surface area contributed by atoms with Crippen LogP contribution in [0.25, 0.3) is 0 Å². The Morgan fingerprint density at radius 2 is 1.88 bits per heavy atom. The molecule has 3 rings (SSSR count). The summed E-state index contributed by atoms with van der Waals surface area (Å²) >= 11 is 5.71. The summed E-state index contributed by atoms with van der Waals surface area (Å²) in [7, 11) is 0. The van der Waals surface area contributed by atoms with Gasteiger partial charge in [-0.2, -0.15) is 0 Å². The van der Waals surface area contributed by atoms with E-state index in [9.17, 15) is 9.18 Å². The number of carbonyl (C=O) groups excluding carboxylic acids is 1. The lowest BCUT2D eigenvalue weighted by Crippen LogP contribution is -2.12. The molecule has 0 saturated carbocycles. The van der Waals surface area contributed by atoms with Crippen LogP contribution in [-0.4, -0.2) is 10.9 Å². The fourth-order valence-electron chi connectivity index (χ4n) is 2.31. The van der Waals surface area contributed by atoms with E-state index in [4.69, 9.17) is 11.6 Å². The van der Waals surface area contributed by atoms with Crippen LogP contribution in [0.15, 0.2) is 60.8 Å². The lowest BCUT2D eigenvalue weighted by Gasteiger charge is -2.08. The van der Waals surface area contributed by atoms with Crippen LogP contribution in [-0.2, 0) is 6.54 Å². The molecule has 0 aliphatic rings. The van der Waals surface area contributed by atoms with Gasteiger partial charge in [0.1, 0.15) is 11.6 Å². The summed E-state index contributed by atoms with van der Waals surface area (Å²) in [6, 6.07) is 15.6. The second-order valence-corrected chi connectivity index (χ2v) is 6.26. The van der Waals surface area contributed by atoms with Crippen LogP contribution >= 0.6 is 11.6 Å². The van der Waals surface area contributed by atoms with Crippen LogP contribution in [0.4, 0.5) is 15.9 Å². The number of rotatable bonds is 5. The lowest BCUT2D eigenvalue weighted by molar-refractivity contribution is 0.102. The molecule has 132 valence electrons. The highest BCUT2D eigenvalue weighted by molar-refractivity contribution is 6.31. The minimum absolute atomic E-state index is 0.0448. The van der Waals surface area contributed by atoms with Crippen LogP contribution in [0.5, 0.6) is 0 Å². The van der Waals surface area contributed by atoms with Gasteiger partial charge in [-0.05, 0) is 42.8 Å². The summed E-state index contributed by atoms with van der Waals surface area (Å²) in [6.45, 7) is 2.69. The van der Waals surface area contributed by atoms with E-state index in [2.05, 4.69) is 39.9 Å². The number of hydrogen-bond donors (Lipinski definition) is 2. The zero-order chi connectivity index (χ0) is 18.5. The van der Waals surface area contributed by atoms with Crippen molar-refractivity contribution in [1.29, 1.82) is 0 Å². The molecule has 0 spiro atoms. The fraction of sp³-hybridized carbons (Fsp3) is 0.100. The lowest BCUT2D eigenvalue weighted by atomic mass is 10.1. The topological polar surface area (TPSA) is 54.0 Å². The number of pyridine rings is 1. The van der Waals surface area contributed by atoms with Crippen LogP contribution in [0.3, 0.4) is 0 Å². The maximum absolute atomic E-state index is 13.2. The van der Waals surface area contributed by atoms with Crippen molar-refractivity contribution in [2.24, 2.45) is 0 Å². The number of halogens is 2. The summed E-state index contributed by atoms with van der Waals surface area (Å²) in [4.78, 5) is 16.5. The van der Waals surface area contributed by atoms with Crippen LogP contribution in [0.1, 0.15) is 21.5 Å². The van der Waals surface area contributed by atoms with E-state index in [-0.39, 0.29) is 10.9 Å². The molecule has 0 atom stereocenters. The van der Waals surface area contributed by atoms with E-state index < -0.39 is 5.82 Å². The molecule has 0 aliphatic heterocycles. The van der Waals surface area contributed by atoms with Gasteiger partial charge in [0.25, 0.3) is 5.91 Å². The van der Waals surface area contributed by atoms with Crippen molar-refractivity contribution >= 4 is 29.0 Å². The maximum Gasteiger partial charge on any atom is 0.257 e. The Labute approximate surface area is 156 Å². The summed E-state index contributed by atoms with van der Waals surface area (Å²) in [5.41, 5.74) is 3.17. The zero-order valence-electron chi connectivity index (χ0n) is 14.1. The molecule has 0 aliphatic carbocycles. The summed E-state index contributed by atoms with van der Waals surface area (Å²) in [5, 5.41) is 5.82. The predicted octanol–water partition coefficient (Wildman–Crippen LogP) is 5.05. The smallest absolute Gasteiger partial charge is 0.257 e. The summed E-state index contributed by atoms with van der Waals surface area (Å²) < 4.78 is 13.2. The number of aryl methyl sites for hydroxylation is 1. The summed E-state index contributed by atoms with van der Waals surface area (Å²) in [5.74, 6) is -0.201. The number of aromatic nitrogens is 1. The fourth-order valence-corrected chi connectivity index (χ4v) is 2.49. The SMILES string of the molecule is Cc1ccc(CNc2ccc(C(=O)Nc3ccc(F)c(Cl)c3)cn2)cc1. The molecule has 0 saturated heterocycles. The maximum atomic E-state index is 13.2. The van der Waals surface area contributed by atoms with E-state index in [0.717, 1.165) is 5.56 Å². The van der Waals surface area contributed by atoms with Gasteiger partial charge in [0, 0.05) is 18.4 Å². The highest BCUT2D eigenvalue weighted by Gasteiger charge is 2.08. The molecule has 4 nitrogen and oxygen atoms in total. The van der Waals surface area contributed by atoms with Crippen molar-refractivity contribution in [3.63, 3.8) is 0 Å². The largest absolute Gasteiger partial charge is 0.366 e. The van der Waals surface area contributed by atoms with Gasteiger partial charge in [0.2, 0.25) is 0 Å². The standard InChI is InChI=1S/C20H17ClFN3O/c1-13-2-4-14(5-3-13)11-23-19-9-6-15(12-24-19)20(26)25-16-7-8-18(22)17(21)10-16/h2-10,12H,11H2,1H3,(H,23,24)(H,25,26). The molecule has 0 bridgehead atoms. The van der Waals surface area contributed by atoms with Crippen molar-refractivity contribution in [2.75, 3.05) is 10.6 Å². The van der Waals surface area contributed by atoms with Gasteiger partial charge in [-0.3, -0.25) is 4.79 Å². The first-order chi connectivity index (χ1) is 12.5. The van der Waals surface area contributed by atoms with E-state index in [1.54, 1.807) is 12.1 Å². The van der Waals surface area contributed by atoms with Crippen LogP contribution in [0, 0.1) is 12.7 Å². The number of nitrogens with one attached hydrogen (secondary N) is 2. The van der Waals surface area contributed by atoms with Crippen molar-refractivity contribution in [3.05, 3.63) is 88.3 Å². The Morgan fingerprint density at radius 1 is 1.12 bits per heavy atom. The first-order valence-electron chi connectivity index (χ1n) is 8.03. The molecular weight excluding hydrogens is 353 g/mol. The van der Waals surface area contributed by atoms with Crippen molar-refractivity contribution in [2.45, 2.75) is 13.5 Å². The van der Waals surface area contributed by atoms with E-state index >= 15 is 0 Å². The molecule has 0 fully saturated rings. The minimum atomic E-state index is -0.532. The van der Waals surface area contributed by atoms with E-state index in [1.807, 2.05) is 6.92 Å². The van der Waals surface area contributed by atoms with Gasteiger partial charge in [0.05, 0.1) is 10.6 Å². The Kier molecular flexibility index (Phi) is 5.49. The minimum Gasteiger partial charge on any atom is -0.366 e. The Morgan fingerprint density at radius 3 is 2.54 bits per heavy atom. The van der Waals surface area contributed by atoms with Gasteiger partial charge < -0.3 is 10.6 Å². The summed E-state index contributed by atoms with van der Waals surface area (Å²) in [6.07, 6.45) is 1.48. The molecule has 1 amide bonds. The van der Waals surface area contributed by atoms with Gasteiger partial charge in [0.15, 0.2) is 0 Å². The number of carbonyl (C=O) groups is 1. The van der Waals surface area contributed by atoms with Crippen molar-refractivity contribution < 1.29 is 9.18 Å². The highest BCUT2D eigenvalue weighted by Crippen LogP contribution is 2.20. The molecular formula is C20H17ClFN3O. The third-order valence-electron chi connectivity index (χ3n) is 3.80. The molecule has 1 aromatic heterocycles. The van der Waals surface area contributed by atoms with Crippen molar-refractivity contribution in [3.8, 4) is 0 Å². The van der Waals surface area contributed by atoms with Crippen molar-refractivity contribution in [1.82, 2.24) is 4.98 Å². The molecule has 0 radical (unpaired) electrons. The van der Waals surface area contributed by atoms with Crippen LogP contribution < -0.4 is 10.6 Å². The van der Waals surface area contributed by atoms with Gasteiger partial charge in [-0.25, -0.2) is 9.37 Å². The molecule has 6 heteroatoms. The number of amides is 1. The average molecular weight is 370 g/mol. The van der Waals surface area contributed by atoms with Gasteiger partial charge in [-0.1, -0.05) is 41.4 Å². The molecule has 0 unspecified atom stereocenters. The Hall–Kier alpha value is -2.92. The number of hydrogen-bond acceptors (Lipinski definition) is 3. The Bertz CT molecular complexity index is 911. The third kappa shape index (κ3) is 4.58. The second kappa shape index (κ2) is 7.97. The third-order valence-corrected chi connectivity index (χ3v) is 4.09. The highest BCUT2D eigenvalue weighted by atomic mass is 35.5. The monoisotopic (exact) mass is 369 g/mol. The molecule has 3 aromatic rings. The average Bonchev–Trinajstić information content (AvgIpc) is 2.65. The molecule has 26 heavy (non-hydrogen) atoms. The van der Waals surface area contributed by atoms with E-state index in [0.29, 0.717) is 23.6 Å². The predicted molar refractivity (Wildman–Crippen MR) is 102 cm³/mol. The first kappa shape index (κ1) is 17.9. The first-order valence-corrected chi connectivity index (χ1v) is 8.41. The number of anilines is 2. The number of benzene rings is 2. The zero-order valence-corrected chi connectivity index (χ0v) is 14.8. The quantitative estimate of drug-likeness (QED) is 0.662.